The fraction of sp³-hybridized carbons (Fsp3) is 0.125. The van der Waals surface area contributed by atoms with Crippen molar-refractivity contribution in [3.63, 3.8) is 0 Å². The number of benzene rings is 3. The molecule has 3 aromatic carbocycles. The molecule has 0 radical (unpaired) electrons. The van der Waals surface area contributed by atoms with Crippen molar-refractivity contribution >= 4 is 34.5 Å². The van der Waals surface area contributed by atoms with Gasteiger partial charge in [-0.3, -0.25) is 14.9 Å². The SMILES string of the molecule is CCCn1c(NC(=O)c2ccc(NC(=O)c3ccccc3)cc2)nc2ccccc21. The van der Waals surface area contributed by atoms with Gasteiger partial charge < -0.3 is 9.88 Å². The van der Waals surface area contributed by atoms with Crippen molar-refractivity contribution in [2.24, 2.45) is 0 Å². The summed E-state index contributed by atoms with van der Waals surface area (Å²) in [6.07, 6.45) is 0.930. The van der Waals surface area contributed by atoms with Crippen molar-refractivity contribution in [3.05, 3.63) is 90.0 Å². The average Bonchev–Trinajstić information content (AvgIpc) is 3.12. The number of nitrogens with one attached hydrogen (secondary N) is 2. The zero-order valence-electron chi connectivity index (χ0n) is 16.6. The summed E-state index contributed by atoms with van der Waals surface area (Å²) in [5, 5.41) is 5.74. The van der Waals surface area contributed by atoms with E-state index in [1.54, 1.807) is 36.4 Å². The molecule has 1 heterocycles. The van der Waals surface area contributed by atoms with Gasteiger partial charge in [0.1, 0.15) is 0 Å². The number of rotatable bonds is 6. The quantitative estimate of drug-likeness (QED) is 0.482. The minimum Gasteiger partial charge on any atom is -0.322 e. The van der Waals surface area contributed by atoms with E-state index >= 15 is 0 Å². The Bertz CT molecular complexity index is 1180. The number of imidazole rings is 1. The van der Waals surface area contributed by atoms with Crippen LogP contribution in [-0.4, -0.2) is 21.4 Å². The molecular weight excluding hydrogens is 376 g/mol. The molecule has 6 heteroatoms. The Hall–Kier alpha value is -3.93. The van der Waals surface area contributed by atoms with E-state index in [0.29, 0.717) is 22.8 Å². The zero-order chi connectivity index (χ0) is 20.9. The number of anilines is 2. The van der Waals surface area contributed by atoms with Crippen LogP contribution in [0.2, 0.25) is 0 Å². The van der Waals surface area contributed by atoms with Gasteiger partial charge in [-0.25, -0.2) is 4.98 Å². The summed E-state index contributed by atoms with van der Waals surface area (Å²) in [4.78, 5) is 29.6. The number of aromatic nitrogens is 2. The van der Waals surface area contributed by atoms with E-state index in [2.05, 4.69) is 22.5 Å². The summed E-state index contributed by atoms with van der Waals surface area (Å²) in [5.74, 6) is 0.0918. The first-order chi connectivity index (χ1) is 14.7. The highest BCUT2D eigenvalue weighted by molar-refractivity contribution is 6.06. The molecule has 0 atom stereocenters. The van der Waals surface area contributed by atoms with Gasteiger partial charge in [-0.05, 0) is 55.0 Å². The molecule has 0 bridgehead atoms. The highest BCUT2D eigenvalue weighted by atomic mass is 16.2. The Balaban J connectivity index is 1.49. The summed E-state index contributed by atoms with van der Waals surface area (Å²) < 4.78 is 2.02. The minimum absolute atomic E-state index is 0.193. The van der Waals surface area contributed by atoms with Crippen LogP contribution in [0.15, 0.2) is 78.9 Å². The van der Waals surface area contributed by atoms with Crippen molar-refractivity contribution < 1.29 is 9.59 Å². The van der Waals surface area contributed by atoms with Crippen LogP contribution in [0.1, 0.15) is 34.1 Å². The van der Waals surface area contributed by atoms with Gasteiger partial charge in [0, 0.05) is 23.4 Å². The Labute approximate surface area is 174 Å². The fourth-order valence-corrected chi connectivity index (χ4v) is 3.29. The lowest BCUT2D eigenvalue weighted by Gasteiger charge is -2.10. The van der Waals surface area contributed by atoms with Gasteiger partial charge in [0.05, 0.1) is 11.0 Å². The van der Waals surface area contributed by atoms with Crippen LogP contribution < -0.4 is 10.6 Å². The first-order valence-electron chi connectivity index (χ1n) is 9.89. The van der Waals surface area contributed by atoms with Crippen molar-refractivity contribution in [2.75, 3.05) is 10.6 Å². The lowest BCUT2D eigenvalue weighted by molar-refractivity contribution is 0.101. The van der Waals surface area contributed by atoms with Crippen LogP contribution in [-0.2, 0) is 6.54 Å². The maximum Gasteiger partial charge on any atom is 0.257 e. The normalized spacial score (nSPS) is 10.7. The summed E-state index contributed by atoms with van der Waals surface area (Å²) in [6.45, 7) is 2.85. The van der Waals surface area contributed by atoms with Crippen LogP contribution in [0.25, 0.3) is 11.0 Å². The number of fused-ring (bicyclic) bond motifs is 1. The van der Waals surface area contributed by atoms with Crippen LogP contribution in [0.5, 0.6) is 0 Å². The van der Waals surface area contributed by atoms with Gasteiger partial charge in [-0.2, -0.15) is 0 Å². The molecule has 150 valence electrons. The fourth-order valence-electron chi connectivity index (χ4n) is 3.29. The molecule has 1 aromatic heterocycles. The largest absolute Gasteiger partial charge is 0.322 e. The van der Waals surface area contributed by atoms with Crippen LogP contribution in [0.3, 0.4) is 0 Å². The van der Waals surface area contributed by atoms with E-state index in [1.165, 1.54) is 0 Å². The third kappa shape index (κ3) is 4.07. The van der Waals surface area contributed by atoms with Crippen molar-refractivity contribution in [1.82, 2.24) is 9.55 Å². The Morgan fingerprint density at radius 2 is 1.43 bits per heavy atom. The maximum absolute atomic E-state index is 12.8. The topological polar surface area (TPSA) is 76.0 Å². The molecule has 30 heavy (non-hydrogen) atoms. The molecule has 4 rings (SSSR count). The number of nitrogens with zero attached hydrogens (tertiary/aromatic N) is 2. The number of hydrogen-bond acceptors (Lipinski definition) is 3. The first-order valence-corrected chi connectivity index (χ1v) is 9.89. The van der Waals surface area contributed by atoms with E-state index in [-0.39, 0.29) is 11.8 Å². The number of carbonyl (C=O) groups excluding carboxylic acids is 2. The van der Waals surface area contributed by atoms with E-state index < -0.39 is 0 Å². The molecule has 0 spiro atoms. The zero-order valence-corrected chi connectivity index (χ0v) is 16.6. The minimum atomic E-state index is -0.247. The lowest BCUT2D eigenvalue weighted by atomic mass is 10.1. The van der Waals surface area contributed by atoms with Gasteiger partial charge in [0.15, 0.2) is 0 Å². The van der Waals surface area contributed by atoms with E-state index in [9.17, 15) is 9.59 Å². The van der Waals surface area contributed by atoms with Crippen LogP contribution in [0, 0.1) is 0 Å². The maximum atomic E-state index is 12.8. The predicted octanol–water partition coefficient (Wildman–Crippen LogP) is 4.95. The molecule has 2 N–H and O–H groups in total. The smallest absolute Gasteiger partial charge is 0.257 e. The van der Waals surface area contributed by atoms with Crippen LogP contribution in [0.4, 0.5) is 11.6 Å². The molecule has 0 aliphatic heterocycles. The van der Waals surface area contributed by atoms with Crippen molar-refractivity contribution in [2.45, 2.75) is 19.9 Å². The Kier molecular flexibility index (Phi) is 5.57. The number of hydrogen-bond donors (Lipinski definition) is 2. The summed E-state index contributed by atoms with van der Waals surface area (Å²) >= 11 is 0. The van der Waals surface area contributed by atoms with E-state index in [1.807, 2.05) is 47.0 Å². The van der Waals surface area contributed by atoms with Gasteiger partial charge in [0.25, 0.3) is 11.8 Å². The van der Waals surface area contributed by atoms with Gasteiger partial charge >= 0.3 is 0 Å². The average molecular weight is 398 g/mol. The third-order valence-corrected chi connectivity index (χ3v) is 4.77. The number of amides is 2. The first kappa shape index (κ1) is 19.4. The summed E-state index contributed by atoms with van der Waals surface area (Å²) in [7, 11) is 0. The highest BCUT2D eigenvalue weighted by Crippen LogP contribution is 2.21. The molecule has 4 aromatic rings. The Morgan fingerprint density at radius 3 is 2.17 bits per heavy atom. The molecule has 0 saturated heterocycles. The monoisotopic (exact) mass is 398 g/mol. The summed E-state index contributed by atoms with van der Waals surface area (Å²) in [5.41, 5.74) is 3.53. The molecule has 0 saturated carbocycles. The second-order valence-electron chi connectivity index (χ2n) is 6.93. The molecule has 0 fully saturated rings. The molecule has 0 aliphatic carbocycles. The molecule has 2 amide bonds. The Morgan fingerprint density at radius 1 is 0.800 bits per heavy atom. The van der Waals surface area contributed by atoms with E-state index in [0.717, 1.165) is 24.0 Å². The highest BCUT2D eigenvalue weighted by Gasteiger charge is 2.14. The van der Waals surface area contributed by atoms with Gasteiger partial charge in [-0.15, -0.1) is 0 Å². The van der Waals surface area contributed by atoms with Crippen molar-refractivity contribution in [3.8, 4) is 0 Å². The molecule has 6 nitrogen and oxygen atoms in total. The van der Waals surface area contributed by atoms with Gasteiger partial charge in [-0.1, -0.05) is 37.3 Å². The number of carbonyl (C=O) groups is 2. The summed E-state index contributed by atoms with van der Waals surface area (Å²) in [6, 6.07) is 23.6. The lowest BCUT2D eigenvalue weighted by Crippen LogP contribution is -2.16. The number of aryl methyl sites for hydroxylation is 1. The van der Waals surface area contributed by atoms with E-state index in [4.69, 9.17) is 0 Å². The molecule has 0 unspecified atom stereocenters. The second kappa shape index (κ2) is 8.61. The predicted molar refractivity (Wildman–Crippen MR) is 119 cm³/mol. The standard InChI is InChI=1S/C24H22N4O2/c1-2-16-28-21-11-7-6-10-20(21)26-24(28)27-23(30)18-12-14-19(15-13-18)25-22(29)17-8-4-3-5-9-17/h3-15H,2,16H2,1H3,(H,25,29)(H,26,27,30). The second-order valence-corrected chi connectivity index (χ2v) is 6.93. The van der Waals surface area contributed by atoms with Gasteiger partial charge in [0.2, 0.25) is 5.95 Å². The van der Waals surface area contributed by atoms with Crippen molar-refractivity contribution in [1.29, 1.82) is 0 Å². The third-order valence-electron chi connectivity index (χ3n) is 4.77. The van der Waals surface area contributed by atoms with Crippen LogP contribution >= 0.6 is 0 Å². The molecule has 0 aliphatic rings. The number of para-hydroxylation sites is 2. The molecular formula is C24H22N4O2.